The Morgan fingerprint density at radius 2 is 1.55 bits per heavy atom. The number of carbonyl (C=O) groups excluding carboxylic acids is 1. The summed E-state index contributed by atoms with van der Waals surface area (Å²) >= 11 is 0. The third kappa shape index (κ3) is 9.66. The average molecular weight is 411 g/mol. The van der Waals surface area contributed by atoms with Gasteiger partial charge in [0.1, 0.15) is 0 Å². The molecule has 0 spiro atoms. The molecule has 1 saturated carbocycles. The van der Waals surface area contributed by atoms with Gasteiger partial charge in [-0.15, -0.1) is 0 Å². The minimum Gasteiger partial charge on any atom is -0.469 e. The first kappa shape index (κ1) is 26.2. The third-order valence-electron chi connectivity index (χ3n) is 6.54. The fourth-order valence-corrected chi connectivity index (χ4v) is 5.74. The molecule has 0 radical (unpaired) electrons. The minimum atomic E-state index is -0.164. The van der Waals surface area contributed by atoms with Gasteiger partial charge in [0.25, 0.3) is 0 Å². The van der Waals surface area contributed by atoms with E-state index in [4.69, 9.17) is 4.74 Å². The van der Waals surface area contributed by atoms with Crippen molar-refractivity contribution in [3.05, 3.63) is 11.9 Å². The molecule has 0 saturated heterocycles. The van der Waals surface area contributed by atoms with Gasteiger partial charge in [-0.2, -0.15) is 0 Å². The summed E-state index contributed by atoms with van der Waals surface area (Å²) in [7, 11) is 1.46. The van der Waals surface area contributed by atoms with E-state index in [0.29, 0.717) is 18.3 Å². The predicted octanol–water partition coefficient (Wildman–Crippen LogP) is 8.11. The van der Waals surface area contributed by atoms with Crippen LogP contribution in [0, 0.1) is 33.5 Å². The van der Waals surface area contributed by atoms with E-state index in [9.17, 15) is 9.18 Å². The molecule has 170 valence electrons. The first-order chi connectivity index (χ1) is 13.0. The van der Waals surface area contributed by atoms with E-state index in [0.717, 1.165) is 50.4 Å². The van der Waals surface area contributed by atoms with Crippen molar-refractivity contribution in [1.29, 1.82) is 0 Å². The van der Waals surface area contributed by atoms with Gasteiger partial charge in [-0.3, -0.25) is 4.79 Å². The highest BCUT2D eigenvalue weighted by Crippen LogP contribution is 2.52. The Kier molecular flexibility index (Phi) is 8.59. The van der Waals surface area contributed by atoms with Crippen molar-refractivity contribution < 1.29 is 13.9 Å². The van der Waals surface area contributed by atoms with Crippen LogP contribution in [0.1, 0.15) is 107 Å². The van der Waals surface area contributed by atoms with Crippen molar-refractivity contribution in [3.8, 4) is 0 Å². The minimum absolute atomic E-state index is 0.101. The van der Waals surface area contributed by atoms with Crippen molar-refractivity contribution in [2.75, 3.05) is 7.11 Å². The fraction of sp³-hybridized carbons (Fsp3) is 0.885. The summed E-state index contributed by atoms with van der Waals surface area (Å²) in [4.78, 5) is 11.5. The molecule has 1 aliphatic rings. The maximum atomic E-state index is 13.9. The van der Waals surface area contributed by atoms with Gasteiger partial charge >= 0.3 is 5.97 Å². The molecule has 1 fully saturated rings. The van der Waals surface area contributed by atoms with Gasteiger partial charge in [-0.1, -0.05) is 62.3 Å². The highest BCUT2D eigenvalue weighted by molar-refractivity contribution is 5.69. The summed E-state index contributed by atoms with van der Waals surface area (Å²) < 4.78 is 18.7. The summed E-state index contributed by atoms with van der Waals surface area (Å²) in [5.74, 6) is 0.971. The zero-order valence-corrected chi connectivity index (χ0v) is 20.9. The molecule has 0 aromatic carbocycles. The van der Waals surface area contributed by atoms with Crippen molar-refractivity contribution in [2.45, 2.75) is 107 Å². The lowest BCUT2D eigenvalue weighted by Crippen LogP contribution is -2.27. The molecular weight excluding hydrogens is 363 g/mol. The molecule has 29 heavy (non-hydrogen) atoms. The molecular formula is C26H47FO2. The predicted molar refractivity (Wildman–Crippen MR) is 121 cm³/mol. The molecule has 0 N–H and O–H groups in total. The fourth-order valence-electron chi connectivity index (χ4n) is 5.74. The molecule has 0 aromatic rings. The van der Waals surface area contributed by atoms with Crippen LogP contribution in [0.25, 0.3) is 0 Å². The van der Waals surface area contributed by atoms with E-state index in [1.54, 1.807) is 0 Å². The highest BCUT2D eigenvalue weighted by atomic mass is 19.1. The van der Waals surface area contributed by atoms with Crippen LogP contribution in [0.3, 0.4) is 0 Å². The lowest BCUT2D eigenvalue weighted by Gasteiger charge is -2.38. The van der Waals surface area contributed by atoms with E-state index in [1.807, 2.05) is 0 Å². The third-order valence-corrected chi connectivity index (χ3v) is 6.54. The summed E-state index contributed by atoms with van der Waals surface area (Å²) in [5, 5.41) is 0. The molecule has 1 rings (SSSR count). The largest absolute Gasteiger partial charge is 0.469 e. The van der Waals surface area contributed by atoms with Crippen LogP contribution >= 0.6 is 0 Å². The summed E-state index contributed by atoms with van der Waals surface area (Å²) in [5.41, 5.74) is 1.38. The van der Waals surface area contributed by atoms with E-state index in [1.165, 1.54) is 7.11 Å². The summed E-state index contributed by atoms with van der Waals surface area (Å²) in [6, 6.07) is 0. The number of methoxy groups -OCH3 is 1. The number of carbonyl (C=O) groups is 1. The van der Waals surface area contributed by atoms with Crippen LogP contribution in [-0.2, 0) is 9.53 Å². The van der Waals surface area contributed by atoms with E-state index in [-0.39, 0.29) is 27.6 Å². The van der Waals surface area contributed by atoms with Crippen LogP contribution in [-0.4, -0.2) is 13.1 Å². The van der Waals surface area contributed by atoms with Crippen LogP contribution in [0.2, 0.25) is 0 Å². The Labute approximate surface area is 180 Å². The number of allylic oxidation sites excluding steroid dienone is 1. The second-order valence-corrected chi connectivity index (χ2v) is 13.0. The quantitative estimate of drug-likeness (QED) is 0.321. The van der Waals surface area contributed by atoms with Crippen LogP contribution in [0.5, 0.6) is 0 Å². The number of halogens is 1. The van der Waals surface area contributed by atoms with Gasteiger partial charge < -0.3 is 4.74 Å². The number of ether oxygens (including phenoxy) is 1. The molecule has 1 aliphatic carbocycles. The van der Waals surface area contributed by atoms with E-state index in [2.05, 4.69) is 62.3 Å². The summed E-state index contributed by atoms with van der Waals surface area (Å²) in [6.07, 6.45) is 7.54. The maximum absolute atomic E-state index is 13.9. The second-order valence-electron chi connectivity index (χ2n) is 13.0. The molecule has 2 unspecified atom stereocenters. The van der Waals surface area contributed by atoms with Crippen molar-refractivity contribution in [3.63, 3.8) is 0 Å². The Morgan fingerprint density at radius 3 is 2.03 bits per heavy atom. The number of esters is 1. The Bertz CT molecular complexity index is 578. The Hall–Kier alpha value is -0.860. The van der Waals surface area contributed by atoms with Crippen molar-refractivity contribution in [1.82, 2.24) is 0 Å². The van der Waals surface area contributed by atoms with E-state index >= 15 is 0 Å². The van der Waals surface area contributed by atoms with Crippen molar-refractivity contribution >= 4 is 5.97 Å². The normalized spacial score (nSPS) is 21.3. The molecule has 0 heterocycles. The molecule has 2 nitrogen and oxygen atoms in total. The zero-order valence-electron chi connectivity index (χ0n) is 20.9. The van der Waals surface area contributed by atoms with Gasteiger partial charge in [-0.25, -0.2) is 4.39 Å². The first-order valence-corrected chi connectivity index (χ1v) is 11.4. The SMILES string of the molecule is COC(=O)CC1CC1CC(C)(C)CC(C)(C)/C(=C/F)CCC(C)(C)CC(C)(C)C. The van der Waals surface area contributed by atoms with Gasteiger partial charge in [0.2, 0.25) is 0 Å². The lowest BCUT2D eigenvalue weighted by molar-refractivity contribution is -0.141. The van der Waals surface area contributed by atoms with Gasteiger partial charge in [-0.05, 0) is 77.6 Å². The number of hydrogen-bond donors (Lipinski definition) is 0. The standard InChI is InChI=1S/C26H47FO2/c1-23(2,3)17-24(4,5)12-11-21(16-27)26(8,9)18-25(6,7)15-20-13-19(20)14-22(28)29-10/h16,19-20H,11-15,17-18H2,1-10H3/b21-16+. The van der Waals surface area contributed by atoms with Crippen LogP contribution in [0.15, 0.2) is 11.9 Å². The van der Waals surface area contributed by atoms with Gasteiger partial charge in [0.05, 0.1) is 13.4 Å². The molecule has 0 bridgehead atoms. The van der Waals surface area contributed by atoms with Crippen LogP contribution < -0.4 is 0 Å². The molecule has 0 amide bonds. The molecule has 0 aromatic heterocycles. The number of hydrogen-bond acceptors (Lipinski definition) is 2. The Balaban J connectivity index is 2.65. The Morgan fingerprint density at radius 1 is 0.966 bits per heavy atom. The topological polar surface area (TPSA) is 26.3 Å². The lowest BCUT2D eigenvalue weighted by atomic mass is 9.67. The maximum Gasteiger partial charge on any atom is 0.305 e. The molecule has 3 heteroatoms. The zero-order chi connectivity index (χ0) is 22.7. The second kappa shape index (κ2) is 9.52. The summed E-state index contributed by atoms with van der Waals surface area (Å²) in [6.45, 7) is 20.4. The highest BCUT2D eigenvalue weighted by Gasteiger charge is 2.43. The first-order valence-electron chi connectivity index (χ1n) is 11.4. The molecule has 0 aliphatic heterocycles. The van der Waals surface area contributed by atoms with Crippen molar-refractivity contribution in [2.24, 2.45) is 33.5 Å². The van der Waals surface area contributed by atoms with Gasteiger partial charge in [0.15, 0.2) is 0 Å². The molecule has 2 atom stereocenters. The van der Waals surface area contributed by atoms with Crippen LogP contribution in [0.4, 0.5) is 4.39 Å². The smallest absolute Gasteiger partial charge is 0.305 e. The average Bonchev–Trinajstić information content (AvgIpc) is 3.19. The van der Waals surface area contributed by atoms with Gasteiger partial charge in [0, 0.05) is 6.42 Å². The number of rotatable bonds is 11. The monoisotopic (exact) mass is 410 g/mol. The van der Waals surface area contributed by atoms with E-state index < -0.39 is 0 Å².